The first-order valence-corrected chi connectivity index (χ1v) is 9.21. The summed E-state index contributed by atoms with van der Waals surface area (Å²) < 4.78 is 11.1. The number of benzene rings is 2. The quantitative estimate of drug-likeness (QED) is 0.701. The number of ether oxygens (including phenoxy) is 2. The first kappa shape index (κ1) is 21.4. The van der Waals surface area contributed by atoms with Crippen LogP contribution in [0.4, 0.5) is 5.69 Å². The van der Waals surface area contributed by atoms with Crippen molar-refractivity contribution >= 4 is 35.6 Å². The van der Waals surface area contributed by atoms with Gasteiger partial charge in [0, 0.05) is 25.2 Å². The maximum atomic E-state index is 11.7. The van der Waals surface area contributed by atoms with Crippen LogP contribution in [0.1, 0.15) is 30.9 Å². The minimum absolute atomic E-state index is 0. The first-order chi connectivity index (χ1) is 12.7. The van der Waals surface area contributed by atoms with E-state index in [-0.39, 0.29) is 18.3 Å². The molecule has 3 rings (SSSR count). The van der Waals surface area contributed by atoms with Crippen LogP contribution in [0.15, 0.2) is 36.4 Å². The Bertz CT molecular complexity index is 784. The van der Waals surface area contributed by atoms with Gasteiger partial charge in [-0.1, -0.05) is 30.7 Å². The highest BCUT2D eigenvalue weighted by Gasteiger charge is 2.16. The summed E-state index contributed by atoms with van der Waals surface area (Å²) in [5.41, 5.74) is 2.96. The van der Waals surface area contributed by atoms with E-state index in [0.29, 0.717) is 49.2 Å². The second-order valence-corrected chi connectivity index (χ2v) is 6.61. The van der Waals surface area contributed by atoms with Crippen molar-refractivity contribution in [2.45, 2.75) is 32.9 Å². The predicted octanol–water partition coefficient (Wildman–Crippen LogP) is 4.56. The first-order valence-electron chi connectivity index (χ1n) is 8.83. The van der Waals surface area contributed by atoms with Gasteiger partial charge < -0.3 is 20.1 Å². The van der Waals surface area contributed by atoms with Crippen molar-refractivity contribution in [2.24, 2.45) is 0 Å². The number of hydrogen-bond acceptors (Lipinski definition) is 4. The Balaban J connectivity index is 0.00000261. The number of anilines is 1. The number of halogens is 2. The lowest BCUT2D eigenvalue weighted by Gasteiger charge is -2.20. The normalized spacial score (nSPS) is 12.2. The van der Waals surface area contributed by atoms with E-state index < -0.39 is 0 Å². The molecular weight excluding hydrogens is 387 g/mol. The fourth-order valence-electron chi connectivity index (χ4n) is 2.83. The summed E-state index contributed by atoms with van der Waals surface area (Å²) >= 11 is 6.27. The van der Waals surface area contributed by atoms with Crippen molar-refractivity contribution in [3.05, 3.63) is 52.5 Å². The zero-order valence-corrected chi connectivity index (χ0v) is 16.8. The highest BCUT2D eigenvalue weighted by atomic mass is 35.5. The Morgan fingerprint density at radius 3 is 2.70 bits per heavy atom. The second kappa shape index (κ2) is 10.4. The van der Waals surface area contributed by atoms with Crippen LogP contribution in [0, 0.1) is 0 Å². The third-order valence-electron chi connectivity index (χ3n) is 4.00. The molecule has 2 aromatic rings. The van der Waals surface area contributed by atoms with E-state index in [1.165, 1.54) is 0 Å². The van der Waals surface area contributed by atoms with Crippen LogP contribution in [0.3, 0.4) is 0 Å². The molecule has 0 radical (unpaired) electrons. The SMILES string of the molecule is CCCC(=O)Nc1cccc(CNCc2cc(Cl)c3c(c2)OCCO3)c1.Cl. The predicted molar refractivity (Wildman–Crippen MR) is 110 cm³/mol. The van der Waals surface area contributed by atoms with Crippen molar-refractivity contribution in [3.8, 4) is 11.5 Å². The fourth-order valence-corrected chi connectivity index (χ4v) is 3.11. The Morgan fingerprint density at radius 1 is 1.11 bits per heavy atom. The van der Waals surface area contributed by atoms with Crippen LogP contribution in [0.2, 0.25) is 5.02 Å². The molecule has 0 bridgehead atoms. The summed E-state index contributed by atoms with van der Waals surface area (Å²) in [4.78, 5) is 11.7. The van der Waals surface area contributed by atoms with Gasteiger partial charge in [0.2, 0.25) is 5.91 Å². The van der Waals surface area contributed by atoms with Gasteiger partial charge in [-0.15, -0.1) is 12.4 Å². The van der Waals surface area contributed by atoms with Gasteiger partial charge in [0.25, 0.3) is 0 Å². The maximum Gasteiger partial charge on any atom is 0.224 e. The monoisotopic (exact) mass is 410 g/mol. The molecule has 1 aliphatic heterocycles. The highest BCUT2D eigenvalue weighted by Crippen LogP contribution is 2.38. The Morgan fingerprint density at radius 2 is 1.89 bits per heavy atom. The molecule has 0 saturated heterocycles. The standard InChI is InChI=1S/C20H23ClN2O3.ClH/c1-2-4-19(24)23-16-6-3-5-14(9-16)12-22-13-15-10-17(21)20-18(11-15)25-7-8-26-20;/h3,5-6,9-11,22H,2,4,7-8,12-13H2,1H3,(H,23,24);1H. The molecule has 0 atom stereocenters. The average molecular weight is 411 g/mol. The fraction of sp³-hybridized carbons (Fsp3) is 0.350. The molecule has 1 amide bonds. The van der Waals surface area contributed by atoms with Gasteiger partial charge in [-0.25, -0.2) is 0 Å². The van der Waals surface area contributed by atoms with E-state index >= 15 is 0 Å². The number of carbonyl (C=O) groups is 1. The number of hydrogen-bond donors (Lipinski definition) is 2. The third kappa shape index (κ3) is 6.03. The van der Waals surface area contributed by atoms with E-state index in [9.17, 15) is 4.79 Å². The van der Waals surface area contributed by atoms with Crippen LogP contribution in [0.5, 0.6) is 11.5 Å². The van der Waals surface area contributed by atoms with Crippen molar-refractivity contribution in [2.75, 3.05) is 18.5 Å². The van der Waals surface area contributed by atoms with E-state index in [0.717, 1.165) is 23.2 Å². The lowest BCUT2D eigenvalue weighted by molar-refractivity contribution is -0.116. The molecule has 0 aliphatic carbocycles. The van der Waals surface area contributed by atoms with Crippen molar-refractivity contribution in [1.29, 1.82) is 0 Å². The van der Waals surface area contributed by atoms with Gasteiger partial charge >= 0.3 is 0 Å². The Hall–Kier alpha value is -1.95. The van der Waals surface area contributed by atoms with E-state index in [1.54, 1.807) is 0 Å². The molecule has 7 heteroatoms. The molecular formula is C20H24Cl2N2O3. The van der Waals surface area contributed by atoms with Gasteiger partial charge in [-0.2, -0.15) is 0 Å². The molecule has 2 N–H and O–H groups in total. The van der Waals surface area contributed by atoms with E-state index in [4.69, 9.17) is 21.1 Å². The second-order valence-electron chi connectivity index (χ2n) is 6.20. The highest BCUT2D eigenvalue weighted by molar-refractivity contribution is 6.32. The summed E-state index contributed by atoms with van der Waals surface area (Å²) in [5.74, 6) is 1.36. The van der Waals surface area contributed by atoms with Gasteiger partial charge in [0.05, 0.1) is 5.02 Å². The van der Waals surface area contributed by atoms with Crippen LogP contribution < -0.4 is 20.1 Å². The van der Waals surface area contributed by atoms with Gasteiger partial charge in [-0.3, -0.25) is 4.79 Å². The number of carbonyl (C=O) groups excluding carboxylic acids is 1. The molecule has 27 heavy (non-hydrogen) atoms. The summed E-state index contributed by atoms with van der Waals surface area (Å²) in [6.45, 7) is 4.39. The van der Waals surface area contributed by atoms with Gasteiger partial charge in [-0.05, 0) is 41.8 Å². The van der Waals surface area contributed by atoms with E-state index in [2.05, 4.69) is 10.6 Å². The van der Waals surface area contributed by atoms with Crippen LogP contribution in [-0.2, 0) is 17.9 Å². The summed E-state index contributed by atoms with van der Waals surface area (Å²) in [6, 6.07) is 11.7. The third-order valence-corrected chi connectivity index (χ3v) is 4.28. The zero-order valence-electron chi connectivity index (χ0n) is 15.2. The van der Waals surface area contributed by atoms with Gasteiger partial charge in [0.1, 0.15) is 13.2 Å². The number of amides is 1. The number of rotatable bonds is 7. The average Bonchev–Trinajstić information content (AvgIpc) is 2.62. The topological polar surface area (TPSA) is 59.6 Å². The van der Waals surface area contributed by atoms with Crippen molar-refractivity contribution in [1.82, 2.24) is 5.32 Å². The lowest BCUT2D eigenvalue weighted by Crippen LogP contribution is -2.17. The maximum absolute atomic E-state index is 11.7. The van der Waals surface area contributed by atoms with Crippen LogP contribution in [0.25, 0.3) is 0 Å². The van der Waals surface area contributed by atoms with Crippen molar-refractivity contribution in [3.63, 3.8) is 0 Å². The minimum atomic E-state index is 0. The smallest absolute Gasteiger partial charge is 0.224 e. The molecule has 0 saturated carbocycles. The molecule has 1 aliphatic rings. The molecule has 2 aromatic carbocycles. The van der Waals surface area contributed by atoms with Crippen LogP contribution >= 0.6 is 24.0 Å². The summed E-state index contributed by atoms with van der Waals surface area (Å²) in [7, 11) is 0. The zero-order chi connectivity index (χ0) is 18.4. The number of fused-ring (bicyclic) bond motifs is 1. The molecule has 5 nitrogen and oxygen atoms in total. The van der Waals surface area contributed by atoms with Crippen molar-refractivity contribution < 1.29 is 14.3 Å². The lowest BCUT2D eigenvalue weighted by atomic mass is 10.1. The molecule has 0 aromatic heterocycles. The minimum Gasteiger partial charge on any atom is -0.486 e. The molecule has 0 fully saturated rings. The molecule has 146 valence electrons. The molecule has 1 heterocycles. The Labute approximate surface area is 170 Å². The molecule has 0 spiro atoms. The summed E-state index contributed by atoms with van der Waals surface area (Å²) in [5, 5.41) is 6.88. The van der Waals surface area contributed by atoms with Gasteiger partial charge in [0.15, 0.2) is 11.5 Å². The Kier molecular flexibility index (Phi) is 8.23. The van der Waals surface area contributed by atoms with Crippen LogP contribution in [-0.4, -0.2) is 19.1 Å². The largest absolute Gasteiger partial charge is 0.486 e. The van der Waals surface area contributed by atoms with E-state index in [1.807, 2.05) is 43.3 Å². The molecule has 0 unspecified atom stereocenters. The number of nitrogens with one attached hydrogen (secondary N) is 2. The summed E-state index contributed by atoms with van der Waals surface area (Å²) in [6.07, 6.45) is 1.37.